The van der Waals surface area contributed by atoms with E-state index >= 15 is 0 Å². The van der Waals surface area contributed by atoms with Gasteiger partial charge in [-0.3, -0.25) is 0 Å². The average molecular weight is 241 g/mol. The summed E-state index contributed by atoms with van der Waals surface area (Å²) in [4.78, 5) is 0. The maximum Gasteiger partial charge on any atom is 0.105 e. The van der Waals surface area contributed by atoms with Gasteiger partial charge in [-0.2, -0.15) is 0 Å². The Morgan fingerprint density at radius 3 is 2.31 bits per heavy atom. The fraction of sp³-hybridized carbons (Fsp3) is 0.273. The van der Waals surface area contributed by atoms with Gasteiger partial charge >= 0.3 is 0 Å². The third-order valence-corrected chi connectivity index (χ3v) is 2.45. The van der Waals surface area contributed by atoms with E-state index in [1.165, 1.54) is 0 Å². The summed E-state index contributed by atoms with van der Waals surface area (Å²) in [5.74, 6) is 0. The van der Waals surface area contributed by atoms with Crippen LogP contribution in [0.1, 0.15) is 19.4 Å². The van der Waals surface area contributed by atoms with E-state index in [-0.39, 0.29) is 0 Å². The van der Waals surface area contributed by atoms with Gasteiger partial charge in [0, 0.05) is 4.47 Å². The van der Waals surface area contributed by atoms with Crippen molar-refractivity contribution in [1.29, 1.82) is 0 Å². The van der Waals surface area contributed by atoms with Crippen LogP contribution in [-0.4, -0.2) is 5.11 Å². The van der Waals surface area contributed by atoms with Gasteiger partial charge in [-0.1, -0.05) is 40.2 Å². The van der Waals surface area contributed by atoms with Gasteiger partial charge in [0.1, 0.15) is 5.60 Å². The molecule has 0 aromatic heterocycles. The molecule has 1 unspecified atom stereocenters. The second kappa shape index (κ2) is 4.07. The number of aliphatic hydroxyl groups is 1. The largest absolute Gasteiger partial charge is 0.381 e. The highest BCUT2D eigenvalue weighted by Gasteiger charge is 2.17. The first-order chi connectivity index (χ1) is 6.06. The SMILES string of the molecule is C/C=C/C(C)(O)c1ccc(Br)cc1. The Morgan fingerprint density at radius 1 is 1.31 bits per heavy atom. The van der Waals surface area contributed by atoms with Crippen LogP contribution in [0.15, 0.2) is 40.9 Å². The summed E-state index contributed by atoms with van der Waals surface area (Å²) in [7, 11) is 0. The standard InChI is InChI=1S/C11H13BrO/c1-3-8-11(2,13)9-4-6-10(12)7-5-9/h3-8,13H,1-2H3/b8-3+. The van der Waals surface area contributed by atoms with E-state index in [2.05, 4.69) is 15.9 Å². The Morgan fingerprint density at radius 2 is 1.85 bits per heavy atom. The summed E-state index contributed by atoms with van der Waals surface area (Å²) in [6.45, 7) is 3.67. The Kier molecular flexibility index (Phi) is 3.28. The van der Waals surface area contributed by atoms with E-state index in [0.29, 0.717) is 0 Å². The summed E-state index contributed by atoms with van der Waals surface area (Å²) in [5, 5.41) is 9.97. The maximum absolute atomic E-state index is 9.97. The summed E-state index contributed by atoms with van der Waals surface area (Å²) in [6.07, 6.45) is 3.62. The summed E-state index contributed by atoms with van der Waals surface area (Å²) < 4.78 is 1.02. The van der Waals surface area contributed by atoms with Crippen LogP contribution in [0.4, 0.5) is 0 Å². The van der Waals surface area contributed by atoms with Crippen molar-refractivity contribution in [2.75, 3.05) is 0 Å². The number of hydrogen-bond donors (Lipinski definition) is 1. The molecule has 0 aliphatic carbocycles. The zero-order chi connectivity index (χ0) is 9.90. The van der Waals surface area contributed by atoms with E-state index in [0.717, 1.165) is 10.0 Å². The number of allylic oxidation sites excluding steroid dienone is 1. The fourth-order valence-electron chi connectivity index (χ4n) is 1.21. The van der Waals surface area contributed by atoms with Crippen molar-refractivity contribution in [3.63, 3.8) is 0 Å². The molecular weight excluding hydrogens is 228 g/mol. The van der Waals surface area contributed by atoms with E-state index in [4.69, 9.17) is 0 Å². The van der Waals surface area contributed by atoms with Crippen LogP contribution in [0, 0.1) is 0 Å². The van der Waals surface area contributed by atoms with Crippen molar-refractivity contribution >= 4 is 15.9 Å². The Bertz CT molecular complexity index is 298. The molecule has 13 heavy (non-hydrogen) atoms. The second-order valence-electron chi connectivity index (χ2n) is 3.15. The van der Waals surface area contributed by atoms with Gasteiger partial charge in [0.25, 0.3) is 0 Å². The molecule has 0 spiro atoms. The van der Waals surface area contributed by atoms with Gasteiger partial charge in [-0.15, -0.1) is 0 Å². The first kappa shape index (κ1) is 10.5. The molecule has 0 saturated heterocycles. The van der Waals surface area contributed by atoms with Crippen LogP contribution >= 0.6 is 15.9 Å². The molecule has 0 saturated carbocycles. The van der Waals surface area contributed by atoms with Gasteiger partial charge in [-0.05, 0) is 31.5 Å². The molecule has 1 N–H and O–H groups in total. The average Bonchev–Trinajstić information content (AvgIpc) is 2.05. The highest BCUT2D eigenvalue weighted by Crippen LogP contribution is 2.23. The van der Waals surface area contributed by atoms with E-state index in [9.17, 15) is 5.11 Å². The first-order valence-electron chi connectivity index (χ1n) is 4.18. The molecule has 1 aromatic carbocycles. The minimum absolute atomic E-state index is 0.866. The molecule has 0 amide bonds. The van der Waals surface area contributed by atoms with Gasteiger partial charge < -0.3 is 5.11 Å². The van der Waals surface area contributed by atoms with Crippen LogP contribution in [0.25, 0.3) is 0 Å². The molecule has 0 aliphatic heterocycles. The van der Waals surface area contributed by atoms with E-state index in [1.807, 2.05) is 37.3 Å². The highest BCUT2D eigenvalue weighted by molar-refractivity contribution is 9.10. The van der Waals surface area contributed by atoms with Crippen LogP contribution < -0.4 is 0 Å². The van der Waals surface area contributed by atoms with Crippen LogP contribution in [0.3, 0.4) is 0 Å². The predicted octanol–water partition coefficient (Wildman–Crippen LogP) is 3.23. The quantitative estimate of drug-likeness (QED) is 0.788. The lowest BCUT2D eigenvalue weighted by Crippen LogP contribution is -2.17. The van der Waals surface area contributed by atoms with Crippen LogP contribution in [0.2, 0.25) is 0 Å². The van der Waals surface area contributed by atoms with Crippen molar-refractivity contribution in [2.24, 2.45) is 0 Å². The molecular formula is C11H13BrO. The molecule has 0 bridgehead atoms. The predicted molar refractivity (Wildman–Crippen MR) is 58.5 cm³/mol. The van der Waals surface area contributed by atoms with Gasteiger partial charge in [0.2, 0.25) is 0 Å². The molecule has 2 heteroatoms. The number of halogens is 1. The van der Waals surface area contributed by atoms with Gasteiger partial charge in [0.05, 0.1) is 0 Å². The Balaban J connectivity index is 3.00. The fourth-order valence-corrected chi connectivity index (χ4v) is 1.47. The first-order valence-corrected chi connectivity index (χ1v) is 4.98. The Hall–Kier alpha value is -0.600. The lowest BCUT2D eigenvalue weighted by atomic mass is 9.96. The normalized spacial score (nSPS) is 16.0. The van der Waals surface area contributed by atoms with E-state index < -0.39 is 5.60 Å². The molecule has 1 nitrogen and oxygen atoms in total. The molecule has 1 aromatic rings. The molecule has 0 fully saturated rings. The lowest BCUT2D eigenvalue weighted by Gasteiger charge is -2.19. The molecule has 0 aliphatic rings. The van der Waals surface area contributed by atoms with Gasteiger partial charge in [0.15, 0.2) is 0 Å². The minimum atomic E-state index is -0.866. The molecule has 0 heterocycles. The topological polar surface area (TPSA) is 20.2 Å². The molecule has 1 atom stereocenters. The van der Waals surface area contributed by atoms with Crippen molar-refractivity contribution in [3.8, 4) is 0 Å². The third kappa shape index (κ3) is 2.68. The number of benzene rings is 1. The van der Waals surface area contributed by atoms with Crippen molar-refractivity contribution < 1.29 is 5.11 Å². The second-order valence-corrected chi connectivity index (χ2v) is 4.07. The zero-order valence-electron chi connectivity index (χ0n) is 7.79. The Labute approximate surface area is 87.2 Å². The third-order valence-electron chi connectivity index (χ3n) is 1.92. The summed E-state index contributed by atoms with van der Waals surface area (Å²) in [6, 6.07) is 7.66. The maximum atomic E-state index is 9.97. The minimum Gasteiger partial charge on any atom is -0.381 e. The van der Waals surface area contributed by atoms with Crippen molar-refractivity contribution in [2.45, 2.75) is 19.4 Å². The zero-order valence-corrected chi connectivity index (χ0v) is 9.38. The smallest absolute Gasteiger partial charge is 0.105 e. The number of rotatable bonds is 2. The van der Waals surface area contributed by atoms with Crippen LogP contribution in [0.5, 0.6) is 0 Å². The van der Waals surface area contributed by atoms with Crippen molar-refractivity contribution in [3.05, 3.63) is 46.5 Å². The molecule has 1 rings (SSSR count). The van der Waals surface area contributed by atoms with E-state index in [1.54, 1.807) is 13.0 Å². The summed E-state index contributed by atoms with van der Waals surface area (Å²) >= 11 is 3.35. The monoisotopic (exact) mass is 240 g/mol. The van der Waals surface area contributed by atoms with Crippen molar-refractivity contribution in [1.82, 2.24) is 0 Å². The summed E-state index contributed by atoms with van der Waals surface area (Å²) in [5.41, 5.74) is 0.0314. The molecule has 70 valence electrons. The lowest BCUT2D eigenvalue weighted by molar-refractivity contribution is 0.111. The highest BCUT2D eigenvalue weighted by atomic mass is 79.9. The molecule has 0 radical (unpaired) electrons. The van der Waals surface area contributed by atoms with Gasteiger partial charge in [-0.25, -0.2) is 0 Å². The number of hydrogen-bond acceptors (Lipinski definition) is 1. The van der Waals surface area contributed by atoms with Crippen LogP contribution in [-0.2, 0) is 5.60 Å².